The maximum atomic E-state index is 10.4. The van der Waals surface area contributed by atoms with E-state index in [-0.39, 0.29) is 16.5 Å². The summed E-state index contributed by atoms with van der Waals surface area (Å²) in [5.41, 5.74) is 0.198. The van der Waals surface area contributed by atoms with E-state index in [1.807, 2.05) is 0 Å². The van der Waals surface area contributed by atoms with E-state index in [1.54, 1.807) is 0 Å². The molecule has 82 valence electrons. The molecule has 0 spiro atoms. The molecule has 0 fully saturated rings. The van der Waals surface area contributed by atoms with Crippen molar-refractivity contribution in [3.05, 3.63) is 22.8 Å². The number of carboxylic acids is 1. The van der Waals surface area contributed by atoms with E-state index in [9.17, 15) is 9.90 Å². The van der Waals surface area contributed by atoms with Crippen LogP contribution < -0.4 is 4.74 Å². The molecule has 2 N–H and O–H groups in total. The minimum absolute atomic E-state index is 0.135. The van der Waals surface area contributed by atoms with Crippen LogP contribution in [0.3, 0.4) is 0 Å². The number of aliphatic hydroxyl groups excluding tert-OH is 1. The van der Waals surface area contributed by atoms with Gasteiger partial charge in [0, 0.05) is 6.20 Å². The second-order valence-corrected chi connectivity index (χ2v) is 3.24. The molecule has 1 rings (SSSR count). The van der Waals surface area contributed by atoms with Crippen LogP contribution in [0.1, 0.15) is 18.1 Å². The Morgan fingerprint density at radius 3 is 2.93 bits per heavy atom. The zero-order valence-corrected chi connectivity index (χ0v) is 8.73. The lowest BCUT2D eigenvalue weighted by Gasteiger charge is -2.13. The second kappa shape index (κ2) is 4.95. The molecular weight excluding hydrogens is 222 g/mol. The molecule has 1 aromatic heterocycles. The summed E-state index contributed by atoms with van der Waals surface area (Å²) in [5.74, 6) is -0.985. The molecule has 1 atom stereocenters. The highest BCUT2D eigenvalue weighted by Crippen LogP contribution is 2.31. The zero-order chi connectivity index (χ0) is 11.4. The minimum atomic E-state index is -1.22. The quantitative estimate of drug-likeness (QED) is 0.815. The number of hydrogen-bond donors (Lipinski definition) is 2. The molecular formula is C9H10ClNO4. The number of pyridine rings is 1. The van der Waals surface area contributed by atoms with Crippen molar-refractivity contribution in [2.45, 2.75) is 12.5 Å². The van der Waals surface area contributed by atoms with E-state index in [0.717, 1.165) is 0 Å². The van der Waals surface area contributed by atoms with Gasteiger partial charge in [-0.15, -0.1) is 0 Å². The normalized spacial score (nSPS) is 12.2. The van der Waals surface area contributed by atoms with Crippen molar-refractivity contribution in [1.29, 1.82) is 0 Å². The molecule has 1 aromatic rings. The second-order valence-electron chi connectivity index (χ2n) is 2.83. The molecule has 0 unspecified atom stereocenters. The molecule has 0 saturated heterocycles. The Hall–Kier alpha value is -1.33. The molecule has 0 aliphatic heterocycles. The average molecular weight is 232 g/mol. The predicted octanol–water partition coefficient (Wildman–Crippen LogP) is 1.25. The summed E-state index contributed by atoms with van der Waals surface area (Å²) in [6, 6.07) is 1.46. The van der Waals surface area contributed by atoms with Crippen LogP contribution in [-0.2, 0) is 4.79 Å². The Morgan fingerprint density at radius 2 is 2.40 bits per heavy atom. The number of hydrogen-bond acceptors (Lipinski definition) is 4. The van der Waals surface area contributed by atoms with Gasteiger partial charge < -0.3 is 14.9 Å². The Balaban J connectivity index is 3.05. The third-order valence-electron chi connectivity index (χ3n) is 1.79. The summed E-state index contributed by atoms with van der Waals surface area (Å²) in [6.45, 7) is 0. The van der Waals surface area contributed by atoms with Crippen LogP contribution in [0.15, 0.2) is 12.3 Å². The number of carbonyl (C=O) groups is 1. The van der Waals surface area contributed by atoms with Gasteiger partial charge in [-0.05, 0) is 6.07 Å². The van der Waals surface area contributed by atoms with Crippen LogP contribution in [0.2, 0.25) is 5.02 Å². The van der Waals surface area contributed by atoms with Gasteiger partial charge >= 0.3 is 5.97 Å². The molecule has 0 radical (unpaired) electrons. The van der Waals surface area contributed by atoms with Gasteiger partial charge in [0.15, 0.2) is 0 Å². The SMILES string of the molecule is COc1nccc(Cl)c1[C@@H](O)CC(=O)O. The number of aliphatic carboxylic acids is 1. The van der Waals surface area contributed by atoms with Gasteiger partial charge in [-0.2, -0.15) is 0 Å². The number of halogens is 1. The fourth-order valence-corrected chi connectivity index (χ4v) is 1.43. The molecule has 0 amide bonds. The fourth-order valence-electron chi connectivity index (χ4n) is 1.16. The van der Waals surface area contributed by atoms with E-state index < -0.39 is 18.5 Å². The topological polar surface area (TPSA) is 79.7 Å². The fraction of sp³-hybridized carbons (Fsp3) is 0.333. The molecule has 5 nitrogen and oxygen atoms in total. The third kappa shape index (κ3) is 2.81. The first kappa shape index (κ1) is 11.7. The monoisotopic (exact) mass is 231 g/mol. The van der Waals surface area contributed by atoms with Crippen molar-refractivity contribution in [2.75, 3.05) is 7.11 Å². The highest BCUT2D eigenvalue weighted by atomic mass is 35.5. The van der Waals surface area contributed by atoms with Crippen molar-refractivity contribution in [1.82, 2.24) is 4.98 Å². The lowest BCUT2D eigenvalue weighted by Crippen LogP contribution is -2.08. The van der Waals surface area contributed by atoms with Gasteiger partial charge in [0.25, 0.3) is 0 Å². The first-order chi connectivity index (χ1) is 7.06. The Kier molecular flexibility index (Phi) is 3.88. The van der Waals surface area contributed by atoms with Gasteiger partial charge in [-0.3, -0.25) is 4.79 Å². The van der Waals surface area contributed by atoms with Crippen molar-refractivity contribution in [3.8, 4) is 5.88 Å². The summed E-state index contributed by atoms with van der Waals surface area (Å²) < 4.78 is 4.88. The van der Waals surface area contributed by atoms with E-state index in [0.29, 0.717) is 0 Å². The number of rotatable bonds is 4. The van der Waals surface area contributed by atoms with Crippen LogP contribution in [0, 0.1) is 0 Å². The predicted molar refractivity (Wildman–Crippen MR) is 53.0 cm³/mol. The summed E-state index contributed by atoms with van der Waals surface area (Å²) in [7, 11) is 1.37. The Morgan fingerprint density at radius 1 is 1.73 bits per heavy atom. The molecule has 6 heteroatoms. The smallest absolute Gasteiger partial charge is 0.306 e. The molecule has 0 bridgehead atoms. The van der Waals surface area contributed by atoms with Crippen LogP contribution in [0.25, 0.3) is 0 Å². The number of ether oxygens (including phenoxy) is 1. The van der Waals surface area contributed by atoms with E-state index in [4.69, 9.17) is 21.4 Å². The van der Waals surface area contributed by atoms with Crippen LogP contribution in [0.4, 0.5) is 0 Å². The maximum absolute atomic E-state index is 10.4. The highest BCUT2D eigenvalue weighted by molar-refractivity contribution is 6.31. The van der Waals surface area contributed by atoms with Crippen molar-refractivity contribution in [3.63, 3.8) is 0 Å². The van der Waals surface area contributed by atoms with Gasteiger partial charge in [-0.25, -0.2) is 4.98 Å². The van der Waals surface area contributed by atoms with E-state index in [1.165, 1.54) is 19.4 Å². The third-order valence-corrected chi connectivity index (χ3v) is 2.12. The van der Waals surface area contributed by atoms with E-state index in [2.05, 4.69) is 4.98 Å². The summed E-state index contributed by atoms with van der Waals surface area (Å²) in [4.78, 5) is 14.3. The molecule has 0 aliphatic carbocycles. The summed E-state index contributed by atoms with van der Waals surface area (Å²) >= 11 is 5.81. The van der Waals surface area contributed by atoms with Crippen LogP contribution >= 0.6 is 11.6 Å². The van der Waals surface area contributed by atoms with Crippen LogP contribution in [-0.4, -0.2) is 28.3 Å². The number of aliphatic hydroxyl groups is 1. The first-order valence-electron chi connectivity index (χ1n) is 4.14. The standard InChI is InChI=1S/C9H10ClNO4/c1-15-9-8(5(10)2-3-11-9)6(12)4-7(13)14/h2-3,6,12H,4H2,1H3,(H,13,14)/t6-/m0/s1. The van der Waals surface area contributed by atoms with Crippen molar-refractivity contribution >= 4 is 17.6 Å². The number of aromatic nitrogens is 1. The van der Waals surface area contributed by atoms with Crippen LogP contribution in [0.5, 0.6) is 5.88 Å². The Bertz CT molecular complexity index is 369. The number of methoxy groups -OCH3 is 1. The van der Waals surface area contributed by atoms with Crippen molar-refractivity contribution < 1.29 is 19.7 Å². The van der Waals surface area contributed by atoms with Gasteiger partial charge in [0.1, 0.15) is 0 Å². The van der Waals surface area contributed by atoms with Gasteiger partial charge in [0.2, 0.25) is 5.88 Å². The maximum Gasteiger partial charge on any atom is 0.306 e. The van der Waals surface area contributed by atoms with Gasteiger partial charge in [-0.1, -0.05) is 11.6 Å². The number of carboxylic acid groups (broad SMARTS) is 1. The summed E-state index contributed by atoms with van der Waals surface area (Å²) in [5, 5.41) is 18.4. The molecule has 0 aliphatic rings. The highest BCUT2D eigenvalue weighted by Gasteiger charge is 2.20. The zero-order valence-electron chi connectivity index (χ0n) is 7.98. The van der Waals surface area contributed by atoms with Crippen molar-refractivity contribution in [2.24, 2.45) is 0 Å². The molecule has 1 heterocycles. The lowest BCUT2D eigenvalue weighted by atomic mass is 10.1. The Labute approximate surface area is 91.3 Å². The number of nitrogens with zero attached hydrogens (tertiary/aromatic N) is 1. The molecule has 0 saturated carbocycles. The largest absolute Gasteiger partial charge is 0.481 e. The molecule has 15 heavy (non-hydrogen) atoms. The average Bonchev–Trinajstić information content (AvgIpc) is 2.15. The first-order valence-corrected chi connectivity index (χ1v) is 4.52. The van der Waals surface area contributed by atoms with Gasteiger partial charge in [0.05, 0.1) is 30.2 Å². The van der Waals surface area contributed by atoms with E-state index >= 15 is 0 Å². The minimum Gasteiger partial charge on any atom is -0.481 e. The molecule has 0 aromatic carbocycles. The summed E-state index contributed by atoms with van der Waals surface area (Å²) in [6.07, 6.45) is -0.251. The lowest BCUT2D eigenvalue weighted by molar-refractivity contribution is -0.139.